The lowest BCUT2D eigenvalue weighted by molar-refractivity contribution is -0.143. The van der Waals surface area contributed by atoms with Gasteiger partial charge in [-0.15, -0.1) is 0 Å². The SMILES string of the molecule is C[C@]12CC(C#N)[C@](C)(C=CC1=O)O2. The van der Waals surface area contributed by atoms with E-state index < -0.39 is 11.2 Å². The smallest absolute Gasteiger partial charge is 0.187 e. The third-order valence-corrected chi connectivity index (χ3v) is 2.97. The van der Waals surface area contributed by atoms with Gasteiger partial charge in [0.05, 0.1) is 12.0 Å². The van der Waals surface area contributed by atoms with Crippen LogP contribution in [0.1, 0.15) is 20.3 Å². The fraction of sp³-hybridized carbons (Fsp3) is 0.600. The van der Waals surface area contributed by atoms with Crippen molar-refractivity contribution in [3.63, 3.8) is 0 Å². The molecule has 0 aromatic heterocycles. The molecule has 1 unspecified atom stereocenters. The minimum absolute atomic E-state index is 0.0253. The molecule has 3 heteroatoms. The van der Waals surface area contributed by atoms with Crippen LogP contribution in [0.3, 0.4) is 0 Å². The summed E-state index contributed by atoms with van der Waals surface area (Å²) in [6, 6.07) is 2.19. The first kappa shape index (κ1) is 8.46. The second kappa shape index (κ2) is 2.21. The van der Waals surface area contributed by atoms with E-state index >= 15 is 0 Å². The summed E-state index contributed by atoms with van der Waals surface area (Å²) in [6.07, 6.45) is 3.75. The average molecular weight is 177 g/mol. The molecule has 2 aliphatic rings. The Kier molecular flexibility index (Phi) is 1.44. The Hall–Kier alpha value is -1.14. The van der Waals surface area contributed by atoms with Crippen molar-refractivity contribution in [3.05, 3.63) is 12.2 Å². The van der Waals surface area contributed by atoms with Crippen molar-refractivity contribution in [2.24, 2.45) is 5.92 Å². The molecule has 0 aromatic rings. The summed E-state index contributed by atoms with van der Waals surface area (Å²) in [5, 5.41) is 8.90. The first-order valence-corrected chi connectivity index (χ1v) is 4.34. The Morgan fingerprint density at radius 3 is 2.92 bits per heavy atom. The summed E-state index contributed by atoms with van der Waals surface area (Å²) < 4.78 is 5.63. The number of carbonyl (C=O) groups excluding carboxylic acids is 1. The van der Waals surface area contributed by atoms with Crippen LogP contribution >= 0.6 is 0 Å². The molecule has 13 heavy (non-hydrogen) atoms. The highest BCUT2D eigenvalue weighted by atomic mass is 16.5. The average Bonchev–Trinajstić information content (AvgIpc) is 2.30. The maximum absolute atomic E-state index is 11.5. The van der Waals surface area contributed by atoms with E-state index in [2.05, 4.69) is 6.07 Å². The number of hydrogen-bond donors (Lipinski definition) is 0. The molecule has 3 atom stereocenters. The van der Waals surface area contributed by atoms with Crippen LogP contribution in [-0.2, 0) is 9.53 Å². The molecule has 2 heterocycles. The molecule has 0 aromatic carbocycles. The van der Waals surface area contributed by atoms with Crippen molar-refractivity contribution >= 4 is 5.78 Å². The van der Waals surface area contributed by atoms with E-state index in [-0.39, 0.29) is 11.7 Å². The number of ketones is 1. The number of hydrogen-bond acceptors (Lipinski definition) is 3. The first-order chi connectivity index (χ1) is 6.00. The summed E-state index contributed by atoms with van der Waals surface area (Å²) >= 11 is 0. The van der Waals surface area contributed by atoms with Crippen molar-refractivity contribution in [2.75, 3.05) is 0 Å². The lowest BCUT2D eigenvalue weighted by Crippen LogP contribution is -2.40. The molecule has 1 saturated heterocycles. The number of fused-ring (bicyclic) bond motifs is 2. The van der Waals surface area contributed by atoms with Crippen LogP contribution in [0.4, 0.5) is 0 Å². The zero-order chi connectivity index (χ0) is 9.69. The van der Waals surface area contributed by atoms with Crippen molar-refractivity contribution < 1.29 is 9.53 Å². The van der Waals surface area contributed by atoms with Gasteiger partial charge in [-0.2, -0.15) is 5.26 Å². The minimum atomic E-state index is -0.760. The second-order valence-corrected chi connectivity index (χ2v) is 4.10. The van der Waals surface area contributed by atoms with Crippen LogP contribution < -0.4 is 0 Å². The number of nitriles is 1. The number of nitrogens with zero attached hydrogens (tertiary/aromatic N) is 1. The van der Waals surface area contributed by atoms with Crippen LogP contribution in [0, 0.1) is 17.2 Å². The maximum Gasteiger partial charge on any atom is 0.187 e. The Morgan fingerprint density at radius 1 is 1.69 bits per heavy atom. The summed E-state index contributed by atoms with van der Waals surface area (Å²) in [7, 11) is 0. The Bertz CT molecular complexity index is 341. The van der Waals surface area contributed by atoms with E-state index in [1.54, 1.807) is 19.1 Å². The van der Waals surface area contributed by atoms with E-state index in [4.69, 9.17) is 10.00 Å². The zero-order valence-corrected chi connectivity index (χ0v) is 7.70. The molecule has 0 amide bonds. The van der Waals surface area contributed by atoms with Crippen molar-refractivity contribution in [3.8, 4) is 6.07 Å². The van der Waals surface area contributed by atoms with Gasteiger partial charge in [-0.1, -0.05) is 0 Å². The Labute approximate surface area is 77.0 Å². The number of rotatable bonds is 0. The molecule has 0 aliphatic carbocycles. The van der Waals surface area contributed by atoms with Crippen molar-refractivity contribution in [1.82, 2.24) is 0 Å². The molecule has 2 rings (SSSR count). The van der Waals surface area contributed by atoms with Crippen molar-refractivity contribution in [2.45, 2.75) is 31.5 Å². The van der Waals surface area contributed by atoms with Crippen LogP contribution in [0.2, 0.25) is 0 Å². The Balaban J connectivity index is 2.47. The van der Waals surface area contributed by atoms with Gasteiger partial charge in [0.25, 0.3) is 0 Å². The van der Waals surface area contributed by atoms with Crippen molar-refractivity contribution in [1.29, 1.82) is 5.26 Å². The molecular weight excluding hydrogens is 166 g/mol. The largest absolute Gasteiger partial charge is 0.355 e. The fourth-order valence-electron chi connectivity index (χ4n) is 2.08. The van der Waals surface area contributed by atoms with E-state index in [0.717, 1.165) is 0 Å². The van der Waals surface area contributed by atoms with Crippen LogP contribution in [0.5, 0.6) is 0 Å². The molecule has 3 nitrogen and oxygen atoms in total. The Morgan fingerprint density at radius 2 is 2.38 bits per heavy atom. The highest BCUT2D eigenvalue weighted by molar-refractivity contribution is 5.98. The molecule has 0 saturated carbocycles. The van der Waals surface area contributed by atoms with Crippen LogP contribution in [0.25, 0.3) is 0 Å². The maximum atomic E-state index is 11.5. The summed E-state index contributed by atoms with van der Waals surface area (Å²) in [5.41, 5.74) is -1.32. The highest BCUT2D eigenvalue weighted by Gasteiger charge is 2.55. The minimum Gasteiger partial charge on any atom is -0.355 e. The van der Waals surface area contributed by atoms with Crippen LogP contribution in [-0.4, -0.2) is 17.0 Å². The molecule has 2 bridgehead atoms. The molecule has 2 aliphatic heterocycles. The molecule has 0 spiro atoms. The van der Waals surface area contributed by atoms with E-state index in [1.165, 1.54) is 0 Å². The van der Waals surface area contributed by atoms with Gasteiger partial charge in [0.2, 0.25) is 0 Å². The predicted octanol–water partition coefficient (Wildman–Crippen LogP) is 1.20. The topological polar surface area (TPSA) is 50.1 Å². The van der Waals surface area contributed by atoms with Gasteiger partial charge in [0.1, 0.15) is 11.2 Å². The van der Waals surface area contributed by atoms with E-state index in [0.29, 0.717) is 6.42 Å². The van der Waals surface area contributed by atoms with Gasteiger partial charge in [-0.3, -0.25) is 4.79 Å². The second-order valence-electron chi connectivity index (χ2n) is 4.10. The summed E-state index contributed by atoms with van der Waals surface area (Å²) in [5.74, 6) is -0.233. The standard InChI is InChI=1S/C10H11NO2/c1-9-4-3-8(12)10(2,13-9)5-7(9)6-11/h3-4,7H,5H2,1-2H3/t7?,9-,10-/m0/s1. The third kappa shape index (κ3) is 0.956. The van der Waals surface area contributed by atoms with Gasteiger partial charge in [-0.25, -0.2) is 0 Å². The monoisotopic (exact) mass is 177 g/mol. The van der Waals surface area contributed by atoms with Gasteiger partial charge >= 0.3 is 0 Å². The lowest BCUT2D eigenvalue weighted by Gasteiger charge is -2.30. The van der Waals surface area contributed by atoms with Crippen LogP contribution in [0.15, 0.2) is 12.2 Å². The zero-order valence-electron chi connectivity index (χ0n) is 7.70. The molecule has 0 N–H and O–H groups in total. The van der Waals surface area contributed by atoms with Gasteiger partial charge < -0.3 is 4.74 Å². The van der Waals surface area contributed by atoms with Gasteiger partial charge in [0, 0.05) is 6.42 Å². The van der Waals surface area contributed by atoms with E-state index in [1.807, 2.05) is 6.92 Å². The first-order valence-electron chi connectivity index (χ1n) is 4.34. The number of ether oxygens (including phenoxy) is 1. The van der Waals surface area contributed by atoms with E-state index in [9.17, 15) is 4.79 Å². The quantitative estimate of drug-likeness (QED) is 0.558. The highest BCUT2D eigenvalue weighted by Crippen LogP contribution is 2.46. The molecule has 0 radical (unpaired) electrons. The molecular formula is C10H11NO2. The summed E-state index contributed by atoms with van der Waals surface area (Å²) in [6.45, 7) is 3.61. The normalized spacial score (nSPS) is 47.8. The van der Waals surface area contributed by atoms with Gasteiger partial charge in [0.15, 0.2) is 5.78 Å². The number of carbonyl (C=O) groups is 1. The fourth-order valence-corrected chi connectivity index (χ4v) is 2.08. The van der Waals surface area contributed by atoms with Gasteiger partial charge in [-0.05, 0) is 26.0 Å². The molecule has 68 valence electrons. The predicted molar refractivity (Wildman–Crippen MR) is 45.8 cm³/mol. The summed E-state index contributed by atoms with van der Waals surface area (Å²) in [4.78, 5) is 11.5. The third-order valence-electron chi connectivity index (χ3n) is 2.97. The lowest BCUT2D eigenvalue weighted by atomic mass is 9.89. The molecule has 1 fully saturated rings.